The fourth-order valence-corrected chi connectivity index (χ4v) is 3.55. The zero-order valence-corrected chi connectivity index (χ0v) is 16.8. The monoisotopic (exact) mass is 389 g/mol. The van der Waals surface area contributed by atoms with Crippen molar-refractivity contribution >= 4 is 11.8 Å². The zero-order valence-electron chi connectivity index (χ0n) is 16.8. The number of benzene rings is 1. The van der Waals surface area contributed by atoms with Gasteiger partial charge < -0.3 is 15.1 Å². The van der Waals surface area contributed by atoms with Crippen molar-refractivity contribution in [2.45, 2.75) is 6.42 Å². The quantitative estimate of drug-likeness (QED) is 0.536. The largest absolute Gasteiger partial charge is 0.356 e. The van der Waals surface area contributed by atoms with E-state index < -0.39 is 0 Å². The van der Waals surface area contributed by atoms with Crippen LogP contribution >= 0.6 is 0 Å². The van der Waals surface area contributed by atoms with Crippen molar-refractivity contribution in [1.29, 1.82) is 0 Å². The van der Waals surface area contributed by atoms with E-state index in [4.69, 9.17) is 0 Å². The van der Waals surface area contributed by atoms with Crippen LogP contribution in [-0.4, -0.2) is 65.4 Å². The minimum absolute atomic E-state index is 0.827. The second-order valence-electron chi connectivity index (χ2n) is 7.01. The molecule has 0 bridgehead atoms. The van der Waals surface area contributed by atoms with Gasteiger partial charge in [-0.15, -0.1) is 0 Å². The second kappa shape index (κ2) is 9.23. The van der Waals surface area contributed by atoms with Gasteiger partial charge in [-0.2, -0.15) is 5.10 Å². The standard InChI is InChI=1S/C22H27N7/c1-23-22(28-15-13-27(14-16-28)21-9-5-6-11-24-21)25-12-10-19-17-26-29(18-19)20-7-3-2-4-8-20/h2-9,11,17-18H,10,12-16H2,1H3,(H,23,25). The molecule has 7 nitrogen and oxygen atoms in total. The lowest BCUT2D eigenvalue weighted by Gasteiger charge is -2.37. The molecule has 7 heteroatoms. The van der Waals surface area contributed by atoms with E-state index in [9.17, 15) is 0 Å². The number of para-hydroxylation sites is 1. The molecule has 0 unspecified atom stereocenters. The number of aromatic nitrogens is 3. The molecule has 0 aliphatic carbocycles. The van der Waals surface area contributed by atoms with Gasteiger partial charge in [0.25, 0.3) is 0 Å². The van der Waals surface area contributed by atoms with Crippen molar-refractivity contribution in [3.8, 4) is 5.69 Å². The summed E-state index contributed by atoms with van der Waals surface area (Å²) >= 11 is 0. The van der Waals surface area contributed by atoms with Crippen LogP contribution in [0.15, 0.2) is 72.1 Å². The maximum Gasteiger partial charge on any atom is 0.193 e. The summed E-state index contributed by atoms with van der Waals surface area (Å²) in [6.07, 6.45) is 6.77. The van der Waals surface area contributed by atoms with Crippen molar-refractivity contribution in [3.05, 3.63) is 72.7 Å². The molecule has 1 aliphatic heterocycles. The molecular weight excluding hydrogens is 362 g/mol. The van der Waals surface area contributed by atoms with Crippen molar-refractivity contribution in [1.82, 2.24) is 25.0 Å². The normalized spacial score (nSPS) is 14.9. The highest BCUT2D eigenvalue weighted by atomic mass is 15.4. The first kappa shape index (κ1) is 19.0. The molecule has 1 N–H and O–H groups in total. The van der Waals surface area contributed by atoms with Gasteiger partial charge in [0.1, 0.15) is 5.82 Å². The molecule has 0 radical (unpaired) electrons. The average molecular weight is 390 g/mol. The Balaban J connectivity index is 1.26. The molecule has 3 aromatic rings. The maximum atomic E-state index is 4.47. The summed E-state index contributed by atoms with van der Waals surface area (Å²) in [6.45, 7) is 4.58. The maximum absolute atomic E-state index is 4.47. The Labute approximate surface area is 171 Å². The van der Waals surface area contributed by atoms with E-state index in [1.807, 2.05) is 54.5 Å². The summed E-state index contributed by atoms with van der Waals surface area (Å²) in [5.74, 6) is 2.01. The van der Waals surface area contributed by atoms with Crippen LogP contribution in [0.2, 0.25) is 0 Å². The van der Waals surface area contributed by atoms with Crippen LogP contribution in [0.1, 0.15) is 5.56 Å². The minimum atomic E-state index is 0.827. The van der Waals surface area contributed by atoms with Gasteiger partial charge in [-0.05, 0) is 36.2 Å². The van der Waals surface area contributed by atoms with Gasteiger partial charge in [0.05, 0.1) is 11.9 Å². The van der Waals surface area contributed by atoms with E-state index in [2.05, 4.69) is 54.6 Å². The Hall–Kier alpha value is -3.35. The number of pyridine rings is 1. The first-order valence-electron chi connectivity index (χ1n) is 10.0. The topological polar surface area (TPSA) is 61.6 Å². The number of piperazine rings is 1. The third-order valence-corrected chi connectivity index (χ3v) is 5.12. The van der Waals surface area contributed by atoms with E-state index >= 15 is 0 Å². The van der Waals surface area contributed by atoms with E-state index in [-0.39, 0.29) is 0 Å². The van der Waals surface area contributed by atoms with E-state index in [0.717, 1.165) is 56.6 Å². The number of nitrogens with one attached hydrogen (secondary N) is 1. The van der Waals surface area contributed by atoms with Gasteiger partial charge in [-0.1, -0.05) is 24.3 Å². The van der Waals surface area contributed by atoms with Crippen molar-refractivity contribution in [2.75, 3.05) is 44.7 Å². The summed E-state index contributed by atoms with van der Waals surface area (Å²) in [5, 5.41) is 7.96. The highest BCUT2D eigenvalue weighted by Crippen LogP contribution is 2.12. The van der Waals surface area contributed by atoms with Crippen molar-refractivity contribution in [3.63, 3.8) is 0 Å². The Kier molecular flexibility index (Phi) is 6.04. The van der Waals surface area contributed by atoms with Gasteiger partial charge >= 0.3 is 0 Å². The molecule has 1 aliphatic rings. The Morgan fingerprint density at radius 2 is 1.83 bits per heavy atom. The van der Waals surface area contributed by atoms with E-state index in [1.54, 1.807) is 0 Å². The third-order valence-electron chi connectivity index (χ3n) is 5.12. The molecule has 1 saturated heterocycles. The first-order valence-corrected chi connectivity index (χ1v) is 10.0. The summed E-state index contributed by atoms with van der Waals surface area (Å²) in [5.41, 5.74) is 2.28. The Bertz CT molecular complexity index is 913. The molecule has 2 aromatic heterocycles. The summed E-state index contributed by atoms with van der Waals surface area (Å²) in [7, 11) is 1.85. The fourth-order valence-electron chi connectivity index (χ4n) is 3.55. The molecule has 1 aromatic carbocycles. The van der Waals surface area contributed by atoms with Gasteiger partial charge in [0, 0.05) is 52.2 Å². The molecule has 150 valence electrons. The molecule has 0 atom stereocenters. The van der Waals surface area contributed by atoms with E-state index in [1.165, 1.54) is 5.56 Å². The number of aliphatic imine (C=N–C) groups is 1. The molecule has 0 saturated carbocycles. The van der Waals surface area contributed by atoms with Crippen molar-refractivity contribution < 1.29 is 0 Å². The van der Waals surface area contributed by atoms with Gasteiger partial charge in [0.15, 0.2) is 5.96 Å². The van der Waals surface area contributed by atoms with Crippen LogP contribution in [0.3, 0.4) is 0 Å². The lowest BCUT2D eigenvalue weighted by molar-refractivity contribution is 0.372. The summed E-state index contributed by atoms with van der Waals surface area (Å²) in [4.78, 5) is 13.6. The lowest BCUT2D eigenvalue weighted by atomic mass is 10.2. The zero-order chi connectivity index (χ0) is 19.9. The molecular formula is C22H27N7. The predicted octanol–water partition coefficient (Wildman–Crippen LogP) is 2.21. The highest BCUT2D eigenvalue weighted by molar-refractivity contribution is 5.80. The number of anilines is 1. The predicted molar refractivity (Wildman–Crippen MR) is 117 cm³/mol. The summed E-state index contributed by atoms with van der Waals surface area (Å²) in [6, 6.07) is 16.2. The molecule has 4 rings (SSSR count). The molecule has 3 heterocycles. The number of hydrogen-bond acceptors (Lipinski definition) is 4. The summed E-state index contributed by atoms with van der Waals surface area (Å²) < 4.78 is 1.92. The molecule has 1 fully saturated rings. The van der Waals surface area contributed by atoms with Crippen LogP contribution < -0.4 is 10.2 Å². The number of hydrogen-bond donors (Lipinski definition) is 1. The number of nitrogens with zero attached hydrogens (tertiary/aromatic N) is 6. The third kappa shape index (κ3) is 4.74. The van der Waals surface area contributed by atoms with E-state index in [0.29, 0.717) is 0 Å². The van der Waals surface area contributed by atoms with Crippen LogP contribution in [-0.2, 0) is 6.42 Å². The van der Waals surface area contributed by atoms with Gasteiger partial charge in [-0.3, -0.25) is 4.99 Å². The van der Waals surface area contributed by atoms with Crippen LogP contribution in [0, 0.1) is 0 Å². The first-order chi connectivity index (χ1) is 14.3. The average Bonchev–Trinajstić information content (AvgIpc) is 3.27. The minimum Gasteiger partial charge on any atom is -0.356 e. The fraction of sp³-hybridized carbons (Fsp3) is 0.318. The van der Waals surface area contributed by atoms with Crippen molar-refractivity contribution in [2.24, 2.45) is 4.99 Å². The SMILES string of the molecule is CN=C(NCCc1cnn(-c2ccccc2)c1)N1CCN(c2ccccn2)CC1. The molecule has 0 amide bonds. The Morgan fingerprint density at radius 1 is 1.03 bits per heavy atom. The molecule has 29 heavy (non-hydrogen) atoms. The number of rotatable bonds is 5. The smallest absolute Gasteiger partial charge is 0.193 e. The second-order valence-corrected chi connectivity index (χ2v) is 7.01. The Morgan fingerprint density at radius 3 is 2.55 bits per heavy atom. The highest BCUT2D eigenvalue weighted by Gasteiger charge is 2.20. The van der Waals surface area contributed by atoms with Gasteiger partial charge in [-0.25, -0.2) is 9.67 Å². The lowest BCUT2D eigenvalue weighted by Crippen LogP contribution is -2.53. The number of guanidine groups is 1. The van der Waals surface area contributed by atoms with Gasteiger partial charge in [0.2, 0.25) is 0 Å². The van der Waals surface area contributed by atoms with Crippen LogP contribution in [0.5, 0.6) is 0 Å². The van der Waals surface area contributed by atoms with Crippen LogP contribution in [0.25, 0.3) is 5.69 Å². The molecule has 0 spiro atoms. The van der Waals surface area contributed by atoms with Crippen LogP contribution in [0.4, 0.5) is 5.82 Å².